The first-order valence-electron chi connectivity index (χ1n) is 8.14. The lowest BCUT2D eigenvalue weighted by atomic mass is 10.2. The number of ether oxygens (including phenoxy) is 3. The van der Waals surface area contributed by atoms with E-state index in [1.807, 2.05) is 0 Å². The summed E-state index contributed by atoms with van der Waals surface area (Å²) >= 11 is 0. The van der Waals surface area contributed by atoms with Gasteiger partial charge in [-0.05, 0) is 35.9 Å². The molecule has 152 valence electrons. The number of nitrogens with one attached hydrogen (secondary N) is 1. The molecule has 1 amide bonds. The molecule has 0 fully saturated rings. The summed E-state index contributed by atoms with van der Waals surface area (Å²) in [7, 11) is 2.98. The highest BCUT2D eigenvalue weighted by Gasteiger charge is 2.15. The summed E-state index contributed by atoms with van der Waals surface area (Å²) in [6.45, 7) is -0.625. The van der Waals surface area contributed by atoms with E-state index in [9.17, 15) is 24.1 Å². The standard InChI is InChI=1S/C19H17FN2O7/c1-27-16-7-3-12(9-17(16)28-2)4-8-19(24)29-11-18(23)21-13-5-6-14(20)15(10-13)22(25)26/h3-10H,11H2,1-2H3,(H,21,23)/b8-4+. The predicted octanol–water partition coefficient (Wildman–Crippen LogP) is 2.95. The van der Waals surface area contributed by atoms with Crippen molar-refractivity contribution in [1.29, 1.82) is 0 Å². The highest BCUT2D eigenvalue weighted by Crippen LogP contribution is 2.28. The van der Waals surface area contributed by atoms with Crippen LogP contribution in [-0.2, 0) is 14.3 Å². The van der Waals surface area contributed by atoms with Gasteiger partial charge in [0.15, 0.2) is 18.1 Å². The molecule has 10 heteroatoms. The van der Waals surface area contributed by atoms with E-state index in [1.165, 1.54) is 20.3 Å². The number of nitro groups is 1. The van der Waals surface area contributed by atoms with Crippen molar-refractivity contribution in [1.82, 2.24) is 0 Å². The fourth-order valence-electron chi connectivity index (χ4n) is 2.23. The van der Waals surface area contributed by atoms with Gasteiger partial charge in [-0.25, -0.2) is 4.79 Å². The molecule has 0 aliphatic rings. The number of hydrogen-bond donors (Lipinski definition) is 1. The summed E-state index contributed by atoms with van der Waals surface area (Å²) < 4.78 is 28.3. The molecule has 0 spiro atoms. The van der Waals surface area contributed by atoms with E-state index in [0.717, 1.165) is 24.3 Å². The second-order valence-electron chi connectivity index (χ2n) is 5.53. The molecule has 0 heterocycles. The van der Waals surface area contributed by atoms with E-state index in [2.05, 4.69) is 5.32 Å². The van der Waals surface area contributed by atoms with Gasteiger partial charge in [-0.3, -0.25) is 14.9 Å². The average Bonchev–Trinajstić information content (AvgIpc) is 2.71. The Morgan fingerprint density at radius 2 is 1.86 bits per heavy atom. The van der Waals surface area contributed by atoms with Crippen LogP contribution in [-0.4, -0.2) is 37.6 Å². The van der Waals surface area contributed by atoms with Crippen LogP contribution in [0.25, 0.3) is 6.08 Å². The first-order valence-corrected chi connectivity index (χ1v) is 8.14. The molecule has 0 saturated heterocycles. The van der Waals surface area contributed by atoms with Crippen molar-refractivity contribution in [3.05, 3.63) is 64.0 Å². The number of amides is 1. The Hall–Kier alpha value is -3.95. The lowest BCUT2D eigenvalue weighted by Gasteiger charge is -2.07. The Balaban J connectivity index is 1.90. The number of carbonyl (C=O) groups is 2. The average molecular weight is 404 g/mol. The minimum Gasteiger partial charge on any atom is -0.493 e. The number of halogens is 1. The molecule has 2 rings (SSSR count). The lowest BCUT2D eigenvalue weighted by molar-refractivity contribution is -0.387. The third-order valence-electron chi connectivity index (χ3n) is 3.59. The van der Waals surface area contributed by atoms with Crippen molar-refractivity contribution < 1.29 is 33.1 Å². The van der Waals surface area contributed by atoms with Gasteiger partial charge in [0.2, 0.25) is 5.82 Å². The van der Waals surface area contributed by atoms with Crippen LogP contribution in [0.1, 0.15) is 5.56 Å². The zero-order chi connectivity index (χ0) is 21.4. The second-order valence-corrected chi connectivity index (χ2v) is 5.53. The quantitative estimate of drug-likeness (QED) is 0.311. The van der Waals surface area contributed by atoms with Gasteiger partial charge in [0.25, 0.3) is 5.91 Å². The molecule has 0 aromatic heterocycles. The summed E-state index contributed by atoms with van der Waals surface area (Å²) in [5.41, 5.74) is -0.139. The third-order valence-corrected chi connectivity index (χ3v) is 3.59. The van der Waals surface area contributed by atoms with Gasteiger partial charge < -0.3 is 19.5 Å². The first-order chi connectivity index (χ1) is 13.8. The van der Waals surface area contributed by atoms with Crippen molar-refractivity contribution in [2.75, 3.05) is 26.1 Å². The van der Waals surface area contributed by atoms with Gasteiger partial charge in [-0.1, -0.05) is 6.07 Å². The van der Waals surface area contributed by atoms with Gasteiger partial charge in [0, 0.05) is 17.8 Å². The number of hydrogen-bond acceptors (Lipinski definition) is 7. The Kier molecular flexibility index (Phi) is 7.24. The topological polar surface area (TPSA) is 117 Å². The number of nitrogens with zero attached hydrogens (tertiary/aromatic N) is 1. The number of benzene rings is 2. The first kappa shape index (κ1) is 21.4. The number of nitro benzene ring substituents is 1. The number of carbonyl (C=O) groups excluding carboxylic acids is 2. The molecule has 0 saturated carbocycles. The van der Waals surface area contributed by atoms with Crippen LogP contribution >= 0.6 is 0 Å². The minimum absolute atomic E-state index is 0.0000175. The maximum absolute atomic E-state index is 13.3. The summed E-state index contributed by atoms with van der Waals surface area (Å²) in [4.78, 5) is 33.3. The number of methoxy groups -OCH3 is 2. The molecule has 0 aliphatic heterocycles. The van der Waals surface area contributed by atoms with Crippen LogP contribution in [0.3, 0.4) is 0 Å². The zero-order valence-electron chi connectivity index (χ0n) is 15.5. The fourth-order valence-corrected chi connectivity index (χ4v) is 2.23. The molecular formula is C19H17FN2O7. The van der Waals surface area contributed by atoms with E-state index < -0.39 is 34.9 Å². The van der Waals surface area contributed by atoms with Crippen LogP contribution < -0.4 is 14.8 Å². The molecule has 2 aromatic carbocycles. The van der Waals surface area contributed by atoms with Crippen LogP contribution in [0.4, 0.5) is 15.8 Å². The number of anilines is 1. The molecule has 1 N–H and O–H groups in total. The van der Waals surface area contributed by atoms with Crippen molar-refractivity contribution >= 4 is 29.3 Å². The summed E-state index contributed by atoms with van der Waals surface area (Å²) in [6.07, 6.45) is 2.59. The minimum atomic E-state index is -1.03. The summed E-state index contributed by atoms with van der Waals surface area (Å²) in [5.74, 6) is -1.53. The van der Waals surface area contributed by atoms with Crippen molar-refractivity contribution in [2.24, 2.45) is 0 Å². The summed E-state index contributed by atoms with van der Waals surface area (Å²) in [5, 5.41) is 13.0. The molecule has 29 heavy (non-hydrogen) atoms. The van der Waals surface area contributed by atoms with E-state index in [-0.39, 0.29) is 5.69 Å². The maximum Gasteiger partial charge on any atom is 0.331 e. The van der Waals surface area contributed by atoms with E-state index in [0.29, 0.717) is 17.1 Å². The molecule has 0 atom stereocenters. The zero-order valence-corrected chi connectivity index (χ0v) is 15.5. The highest BCUT2D eigenvalue weighted by atomic mass is 19.1. The largest absolute Gasteiger partial charge is 0.493 e. The van der Waals surface area contributed by atoms with Crippen molar-refractivity contribution in [2.45, 2.75) is 0 Å². The van der Waals surface area contributed by atoms with E-state index >= 15 is 0 Å². The number of rotatable bonds is 8. The van der Waals surface area contributed by atoms with Gasteiger partial charge >= 0.3 is 11.7 Å². The van der Waals surface area contributed by atoms with Crippen LogP contribution in [0.15, 0.2) is 42.5 Å². The van der Waals surface area contributed by atoms with Gasteiger partial charge in [-0.15, -0.1) is 0 Å². The summed E-state index contributed by atoms with van der Waals surface area (Å²) in [6, 6.07) is 7.88. The van der Waals surface area contributed by atoms with Gasteiger partial charge in [-0.2, -0.15) is 4.39 Å². The normalized spacial score (nSPS) is 10.4. The molecule has 0 radical (unpaired) electrons. The van der Waals surface area contributed by atoms with Gasteiger partial charge in [0.1, 0.15) is 0 Å². The lowest BCUT2D eigenvalue weighted by Crippen LogP contribution is -2.20. The Labute approximate surface area is 164 Å². The second kappa shape index (κ2) is 9.83. The predicted molar refractivity (Wildman–Crippen MR) is 101 cm³/mol. The molecular weight excluding hydrogens is 387 g/mol. The van der Waals surface area contributed by atoms with Crippen LogP contribution in [0.5, 0.6) is 11.5 Å². The molecule has 0 unspecified atom stereocenters. The van der Waals surface area contributed by atoms with Gasteiger partial charge in [0.05, 0.1) is 19.1 Å². The van der Waals surface area contributed by atoms with Crippen molar-refractivity contribution in [3.8, 4) is 11.5 Å². The number of esters is 1. The molecule has 0 aliphatic carbocycles. The smallest absolute Gasteiger partial charge is 0.331 e. The van der Waals surface area contributed by atoms with E-state index in [4.69, 9.17) is 14.2 Å². The van der Waals surface area contributed by atoms with Crippen LogP contribution in [0, 0.1) is 15.9 Å². The molecule has 9 nitrogen and oxygen atoms in total. The SMILES string of the molecule is COc1ccc(/C=C/C(=O)OCC(=O)Nc2ccc(F)c([N+](=O)[O-])c2)cc1OC. The monoisotopic (exact) mass is 404 g/mol. The highest BCUT2D eigenvalue weighted by molar-refractivity contribution is 5.94. The van der Waals surface area contributed by atoms with Crippen LogP contribution in [0.2, 0.25) is 0 Å². The fraction of sp³-hybridized carbons (Fsp3) is 0.158. The molecule has 2 aromatic rings. The Morgan fingerprint density at radius 1 is 1.14 bits per heavy atom. The third kappa shape index (κ3) is 6.03. The maximum atomic E-state index is 13.3. The van der Waals surface area contributed by atoms with Crippen molar-refractivity contribution in [3.63, 3.8) is 0 Å². The molecule has 0 bridgehead atoms. The Bertz CT molecular complexity index is 960. The Morgan fingerprint density at radius 3 is 2.52 bits per heavy atom. The van der Waals surface area contributed by atoms with E-state index in [1.54, 1.807) is 18.2 Å².